The van der Waals surface area contributed by atoms with Crippen LogP contribution in [0.1, 0.15) is 18.6 Å². The van der Waals surface area contributed by atoms with E-state index in [4.69, 9.17) is 13.9 Å². The van der Waals surface area contributed by atoms with Crippen molar-refractivity contribution in [1.29, 1.82) is 0 Å². The average Bonchev–Trinajstić information content (AvgIpc) is 3.26. The molecule has 2 aliphatic heterocycles. The largest absolute Gasteiger partial charge is 0.469 e. The van der Waals surface area contributed by atoms with Crippen LogP contribution in [0.25, 0.3) is 0 Å². The highest BCUT2D eigenvalue weighted by atomic mass is 16.5. The summed E-state index contributed by atoms with van der Waals surface area (Å²) >= 11 is 0. The summed E-state index contributed by atoms with van der Waals surface area (Å²) in [5, 5.41) is 3.44. The van der Waals surface area contributed by atoms with Crippen LogP contribution in [0.3, 0.4) is 0 Å². The quantitative estimate of drug-likeness (QED) is 0.423. The van der Waals surface area contributed by atoms with Crippen LogP contribution < -0.4 is 5.32 Å². The molecular weight excluding hydrogens is 360 g/mol. The molecule has 8 heteroatoms. The third-order valence-corrected chi connectivity index (χ3v) is 5.26. The van der Waals surface area contributed by atoms with Crippen molar-refractivity contribution < 1.29 is 18.7 Å². The Morgan fingerprint density at radius 2 is 2.04 bits per heavy atom. The van der Waals surface area contributed by atoms with Gasteiger partial charge in [0.2, 0.25) is 5.91 Å². The van der Waals surface area contributed by atoms with E-state index < -0.39 is 0 Å². The predicted molar refractivity (Wildman–Crippen MR) is 106 cm³/mol. The summed E-state index contributed by atoms with van der Waals surface area (Å²) in [7, 11) is 1.68. The van der Waals surface area contributed by atoms with Crippen LogP contribution >= 0.6 is 0 Å². The van der Waals surface area contributed by atoms with Gasteiger partial charge in [-0.2, -0.15) is 0 Å². The number of hydrogen-bond acceptors (Lipinski definition) is 5. The van der Waals surface area contributed by atoms with Gasteiger partial charge in [-0.3, -0.25) is 9.79 Å². The Bertz CT molecular complexity index is 606. The number of guanidine groups is 1. The van der Waals surface area contributed by atoms with Crippen LogP contribution in [0.4, 0.5) is 0 Å². The highest BCUT2D eigenvalue weighted by Crippen LogP contribution is 2.20. The summed E-state index contributed by atoms with van der Waals surface area (Å²) < 4.78 is 15.9. The Kier molecular flexibility index (Phi) is 8.17. The lowest BCUT2D eigenvalue weighted by molar-refractivity contribution is -0.140. The highest BCUT2D eigenvalue weighted by molar-refractivity contribution is 5.82. The molecule has 0 spiro atoms. The number of morpholine rings is 1. The van der Waals surface area contributed by atoms with Gasteiger partial charge in [-0.05, 0) is 25.0 Å². The number of rotatable bonds is 7. The lowest BCUT2D eigenvalue weighted by Crippen LogP contribution is -2.50. The number of nitrogens with one attached hydrogen (secondary N) is 1. The van der Waals surface area contributed by atoms with E-state index in [0.717, 1.165) is 63.7 Å². The summed E-state index contributed by atoms with van der Waals surface area (Å²) in [6, 6.07) is 3.88. The van der Waals surface area contributed by atoms with E-state index in [-0.39, 0.29) is 11.8 Å². The van der Waals surface area contributed by atoms with Crippen LogP contribution in [-0.2, 0) is 20.7 Å². The van der Waals surface area contributed by atoms with Crippen molar-refractivity contribution in [3.05, 3.63) is 24.2 Å². The first-order chi connectivity index (χ1) is 13.8. The van der Waals surface area contributed by atoms with Crippen molar-refractivity contribution in [3.63, 3.8) is 0 Å². The molecule has 156 valence electrons. The van der Waals surface area contributed by atoms with Gasteiger partial charge in [0.15, 0.2) is 5.96 Å². The second-order valence-electron chi connectivity index (χ2n) is 7.15. The Balaban J connectivity index is 1.49. The topological polar surface area (TPSA) is 79.5 Å². The molecule has 0 atom stereocenters. The molecule has 28 heavy (non-hydrogen) atoms. The number of carbonyl (C=O) groups is 1. The van der Waals surface area contributed by atoms with E-state index in [1.807, 2.05) is 17.0 Å². The fourth-order valence-corrected chi connectivity index (χ4v) is 3.64. The molecule has 0 bridgehead atoms. The molecule has 0 radical (unpaired) electrons. The van der Waals surface area contributed by atoms with E-state index >= 15 is 0 Å². The van der Waals surface area contributed by atoms with E-state index in [1.165, 1.54) is 0 Å². The fraction of sp³-hybridized carbons (Fsp3) is 0.700. The number of methoxy groups -OCH3 is 1. The minimum atomic E-state index is 0.109. The first kappa shape index (κ1) is 20.7. The molecule has 2 aliphatic rings. The zero-order valence-electron chi connectivity index (χ0n) is 16.8. The van der Waals surface area contributed by atoms with Crippen molar-refractivity contribution >= 4 is 11.9 Å². The molecule has 2 saturated heterocycles. The van der Waals surface area contributed by atoms with Crippen molar-refractivity contribution in [2.24, 2.45) is 10.9 Å². The number of amides is 1. The first-order valence-corrected chi connectivity index (χ1v) is 10.2. The van der Waals surface area contributed by atoms with Gasteiger partial charge in [-0.25, -0.2) is 0 Å². The van der Waals surface area contributed by atoms with Gasteiger partial charge in [0.25, 0.3) is 0 Å². The Hall–Kier alpha value is -2.06. The van der Waals surface area contributed by atoms with Gasteiger partial charge >= 0.3 is 0 Å². The van der Waals surface area contributed by atoms with Gasteiger partial charge in [0.1, 0.15) is 5.76 Å². The van der Waals surface area contributed by atoms with Crippen molar-refractivity contribution in [1.82, 2.24) is 15.1 Å². The minimum absolute atomic E-state index is 0.109. The number of hydrogen-bond donors (Lipinski definition) is 1. The molecule has 1 aromatic rings. The number of aliphatic imine (C=N–C) groups is 1. The van der Waals surface area contributed by atoms with Crippen molar-refractivity contribution in [3.8, 4) is 0 Å². The third kappa shape index (κ3) is 5.97. The number of ether oxygens (including phenoxy) is 2. The van der Waals surface area contributed by atoms with E-state index in [2.05, 4.69) is 15.2 Å². The smallest absolute Gasteiger partial charge is 0.225 e. The third-order valence-electron chi connectivity index (χ3n) is 5.26. The van der Waals surface area contributed by atoms with Crippen LogP contribution in [-0.4, -0.2) is 87.9 Å². The Labute approximate surface area is 166 Å². The minimum Gasteiger partial charge on any atom is -0.469 e. The molecule has 1 aromatic heterocycles. The SMILES string of the molecule is COCCN=C(NCCc1ccco1)N1CCC(C(=O)N2CCOCC2)CC1. The molecule has 0 saturated carbocycles. The Morgan fingerprint density at radius 3 is 2.71 bits per heavy atom. The fourth-order valence-electron chi connectivity index (χ4n) is 3.64. The zero-order valence-corrected chi connectivity index (χ0v) is 16.8. The maximum absolute atomic E-state index is 12.7. The maximum Gasteiger partial charge on any atom is 0.225 e. The molecule has 8 nitrogen and oxygen atoms in total. The summed E-state index contributed by atoms with van der Waals surface area (Å²) in [6.45, 7) is 6.38. The summed E-state index contributed by atoms with van der Waals surface area (Å²) in [4.78, 5) is 21.6. The van der Waals surface area contributed by atoms with Gasteiger partial charge in [-0.1, -0.05) is 0 Å². The lowest BCUT2D eigenvalue weighted by Gasteiger charge is -2.36. The molecule has 2 fully saturated rings. The van der Waals surface area contributed by atoms with Crippen LogP contribution in [0.2, 0.25) is 0 Å². The van der Waals surface area contributed by atoms with Crippen LogP contribution in [0.5, 0.6) is 0 Å². The van der Waals surface area contributed by atoms with Gasteiger partial charge in [-0.15, -0.1) is 0 Å². The second-order valence-corrected chi connectivity index (χ2v) is 7.15. The average molecular weight is 393 g/mol. The standard InChI is InChI=1S/C20H32N4O4/c1-26-14-8-22-20(21-7-4-18-3-2-13-28-18)24-9-5-17(6-10-24)19(25)23-11-15-27-16-12-23/h2-3,13,17H,4-12,14-16H2,1H3,(H,21,22). The normalized spacial score (nSPS) is 19.1. The number of furan rings is 1. The monoisotopic (exact) mass is 392 g/mol. The number of carbonyl (C=O) groups excluding carboxylic acids is 1. The maximum atomic E-state index is 12.7. The molecule has 0 unspecified atom stereocenters. The molecule has 3 rings (SSSR count). The summed E-state index contributed by atoms with van der Waals surface area (Å²) in [5.74, 6) is 2.24. The molecule has 1 N–H and O–H groups in total. The van der Waals surface area contributed by atoms with Gasteiger partial charge < -0.3 is 29.0 Å². The van der Waals surface area contributed by atoms with Crippen molar-refractivity contribution in [2.45, 2.75) is 19.3 Å². The number of nitrogens with zero attached hydrogens (tertiary/aromatic N) is 3. The molecule has 3 heterocycles. The van der Waals surface area contributed by atoms with E-state index in [1.54, 1.807) is 13.4 Å². The zero-order chi connectivity index (χ0) is 19.6. The second kappa shape index (κ2) is 11.1. The molecular formula is C20H32N4O4. The van der Waals surface area contributed by atoms with Crippen LogP contribution in [0, 0.1) is 5.92 Å². The van der Waals surface area contributed by atoms with E-state index in [0.29, 0.717) is 26.4 Å². The number of piperidine rings is 1. The molecule has 0 aliphatic carbocycles. The Morgan fingerprint density at radius 1 is 1.25 bits per heavy atom. The van der Waals surface area contributed by atoms with Gasteiger partial charge in [0, 0.05) is 52.2 Å². The highest BCUT2D eigenvalue weighted by Gasteiger charge is 2.30. The van der Waals surface area contributed by atoms with Crippen molar-refractivity contribution in [2.75, 3.05) is 66.2 Å². The summed E-state index contributed by atoms with van der Waals surface area (Å²) in [5.41, 5.74) is 0. The number of likely N-dealkylation sites (tertiary alicyclic amines) is 1. The first-order valence-electron chi connectivity index (χ1n) is 10.2. The van der Waals surface area contributed by atoms with E-state index in [9.17, 15) is 4.79 Å². The summed E-state index contributed by atoms with van der Waals surface area (Å²) in [6.07, 6.45) is 4.22. The predicted octanol–water partition coefficient (Wildman–Crippen LogP) is 0.985. The molecule has 1 amide bonds. The molecule has 0 aromatic carbocycles. The lowest BCUT2D eigenvalue weighted by atomic mass is 9.95. The van der Waals surface area contributed by atoms with Gasteiger partial charge in [0.05, 0.1) is 32.6 Å². The van der Waals surface area contributed by atoms with Crippen LogP contribution in [0.15, 0.2) is 27.8 Å².